The van der Waals surface area contributed by atoms with E-state index in [9.17, 15) is 5.11 Å². The summed E-state index contributed by atoms with van der Waals surface area (Å²) in [6.45, 7) is 6.02. The zero-order valence-corrected chi connectivity index (χ0v) is 15.7. The molecule has 0 fully saturated rings. The van der Waals surface area contributed by atoms with E-state index in [4.69, 9.17) is 9.73 Å². The van der Waals surface area contributed by atoms with Gasteiger partial charge in [0.1, 0.15) is 17.1 Å². The number of ether oxygens (including phenoxy) is 1. The van der Waals surface area contributed by atoms with E-state index < -0.39 is 17.2 Å². The summed E-state index contributed by atoms with van der Waals surface area (Å²) in [7, 11) is 0. The van der Waals surface area contributed by atoms with Crippen LogP contribution in [-0.2, 0) is 5.41 Å². The van der Waals surface area contributed by atoms with E-state index in [2.05, 4.69) is 37.4 Å². The summed E-state index contributed by atoms with van der Waals surface area (Å²) in [6.07, 6.45) is -0.752. The Morgan fingerprint density at radius 2 is 1.74 bits per heavy atom. The van der Waals surface area contributed by atoms with E-state index >= 15 is 0 Å². The SMILES string of the molecule is CC(O)C1=Nc2c(ccc3ccccc23)OC12Nc1ccccc1C2(C)C. The minimum atomic E-state index is -0.930. The molecule has 4 nitrogen and oxygen atoms in total. The fourth-order valence-corrected chi connectivity index (χ4v) is 4.45. The highest BCUT2D eigenvalue weighted by Gasteiger charge is 2.60. The predicted octanol–water partition coefficient (Wildman–Crippen LogP) is 4.79. The summed E-state index contributed by atoms with van der Waals surface area (Å²) in [5.41, 5.74) is 2.21. The van der Waals surface area contributed by atoms with Gasteiger partial charge in [0.15, 0.2) is 0 Å². The summed E-state index contributed by atoms with van der Waals surface area (Å²) in [5, 5.41) is 16.3. The Kier molecular flexibility index (Phi) is 3.23. The standard InChI is InChI=1S/C23H22N2O2/c1-14(26)21-23(22(2,3)17-10-6-7-11-18(17)25-23)27-19-13-12-15-8-4-5-9-16(15)20(19)24-21/h4-14,25-26H,1-3H3. The van der Waals surface area contributed by atoms with Gasteiger partial charge < -0.3 is 15.2 Å². The van der Waals surface area contributed by atoms with Crippen LogP contribution in [0.25, 0.3) is 10.8 Å². The summed E-state index contributed by atoms with van der Waals surface area (Å²) in [4.78, 5) is 4.97. The number of aliphatic hydroxyl groups is 1. The van der Waals surface area contributed by atoms with Crippen LogP contribution in [0.5, 0.6) is 5.75 Å². The third kappa shape index (κ3) is 2.05. The van der Waals surface area contributed by atoms with Gasteiger partial charge in [-0.3, -0.25) is 0 Å². The average Bonchev–Trinajstić information content (AvgIpc) is 2.88. The van der Waals surface area contributed by atoms with Crippen LogP contribution in [0.15, 0.2) is 65.7 Å². The van der Waals surface area contributed by atoms with Crippen molar-refractivity contribution >= 4 is 27.9 Å². The normalized spacial score (nSPS) is 23.2. The Morgan fingerprint density at radius 3 is 2.52 bits per heavy atom. The largest absolute Gasteiger partial charge is 0.459 e. The number of hydrogen-bond acceptors (Lipinski definition) is 4. The second-order valence-corrected chi connectivity index (χ2v) is 7.89. The van der Waals surface area contributed by atoms with E-state index in [-0.39, 0.29) is 0 Å². The molecule has 2 unspecified atom stereocenters. The number of nitrogens with zero attached hydrogens (tertiary/aromatic N) is 1. The summed E-state index contributed by atoms with van der Waals surface area (Å²) in [5.74, 6) is 0.728. The smallest absolute Gasteiger partial charge is 0.232 e. The van der Waals surface area contributed by atoms with Gasteiger partial charge in [0.2, 0.25) is 5.72 Å². The number of aliphatic hydroxyl groups excluding tert-OH is 1. The predicted molar refractivity (Wildman–Crippen MR) is 109 cm³/mol. The molecule has 0 bridgehead atoms. The molecule has 2 atom stereocenters. The van der Waals surface area contributed by atoms with Crippen molar-refractivity contribution in [1.82, 2.24) is 0 Å². The van der Waals surface area contributed by atoms with Crippen molar-refractivity contribution in [3.8, 4) is 5.75 Å². The molecule has 27 heavy (non-hydrogen) atoms. The van der Waals surface area contributed by atoms with Crippen molar-refractivity contribution < 1.29 is 9.84 Å². The summed E-state index contributed by atoms with van der Waals surface area (Å²) in [6, 6.07) is 20.3. The molecule has 2 N–H and O–H groups in total. The maximum Gasteiger partial charge on any atom is 0.232 e. The van der Waals surface area contributed by atoms with Crippen LogP contribution in [0.1, 0.15) is 26.3 Å². The maximum atomic E-state index is 10.7. The van der Waals surface area contributed by atoms with Crippen LogP contribution < -0.4 is 10.1 Å². The monoisotopic (exact) mass is 358 g/mol. The van der Waals surface area contributed by atoms with Gasteiger partial charge >= 0.3 is 0 Å². The van der Waals surface area contributed by atoms with Crippen LogP contribution in [0.3, 0.4) is 0 Å². The topological polar surface area (TPSA) is 53.9 Å². The number of benzene rings is 3. The lowest BCUT2D eigenvalue weighted by Gasteiger charge is -2.45. The molecular formula is C23H22N2O2. The van der Waals surface area contributed by atoms with Crippen LogP contribution in [0.4, 0.5) is 11.4 Å². The van der Waals surface area contributed by atoms with Crippen molar-refractivity contribution in [2.45, 2.75) is 38.0 Å². The molecule has 4 heteroatoms. The van der Waals surface area contributed by atoms with Crippen molar-refractivity contribution in [1.29, 1.82) is 0 Å². The Labute approximate surface area is 158 Å². The second kappa shape index (κ2) is 5.33. The molecule has 3 aromatic rings. The molecule has 0 saturated carbocycles. The molecule has 0 aliphatic carbocycles. The van der Waals surface area contributed by atoms with Crippen LogP contribution in [-0.4, -0.2) is 22.6 Å². The van der Waals surface area contributed by atoms with E-state index in [1.54, 1.807) is 6.92 Å². The first-order valence-electron chi connectivity index (χ1n) is 9.30. The zero-order chi connectivity index (χ0) is 18.8. The van der Waals surface area contributed by atoms with Gasteiger partial charge in [-0.25, -0.2) is 4.99 Å². The van der Waals surface area contributed by atoms with E-state index in [0.717, 1.165) is 33.5 Å². The quantitative estimate of drug-likeness (QED) is 0.658. The fraction of sp³-hybridized carbons (Fsp3) is 0.261. The molecule has 1 spiro atoms. The van der Waals surface area contributed by atoms with Crippen molar-refractivity contribution in [3.63, 3.8) is 0 Å². The number of para-hydroxylation sites is 1. The summed E-state index contributed by atoms with van der Waals surface area (Å²) >= 11 is 0. The number of rotatable bonds is 1. The van der Waals surface area contributed by atoms with Gasteiger partial charge in [-0.1, -0.05) is 48.5 Å². The van der Waals surface area contributed by atoms with Crippen molar-refractivity contribution in [3.05, 3.63) is 66.2 Å². The first-order chi connectivity index (χ1) is 12.9. The average molecular weight is 358 g/mol. The van der Waals surface area contributed by atoms with Gasteiger partial charge in [0.05, 0.1) is 11.5 Å². The van der Waals surface area contributed by atoms with Crippen LogP contribution in [0.2, 0.25) is 0 Å². The van der Waals surface area contributed by atoms with Crippen LogP contribution >= 0.6 is 0 Å². The first-order valence-corrected chi connectivity index (χ1v) is 9.30. The lowest BCUT2D eigenvalue weighted by atomic mass is 9.74. The van der Waals surface area contributed by atoms with Gasteiger partial charge in [-0.2, -0.15) is 0 Å². The number of aliphatic imine (C=N–C) groups is 1. The Balaban J connectivity index is 1.78. The molecule has 5 rings (SSSR count). The number of nitrogens with one attached hydrogen (secondary N) is 1. The molecule has 0 radical (unpaired) electrons. The minimum Gasteiger partial charge on any atom is -0.459 e. The number of anilines is 1. The van der Waals surface area contributed by atoms with Gasteiger partial charge in [-0.05, 0) is 43.9 Å². The van der Waals surface area contributed by atoms with E-state index in [0.29, 0.717) is 5.71 Å². The molecule has 0 aromatic heterocycles. The Bertz CT molecular complexity index is 1100. The van der Waals surface area contributed by atoms with Crippen molar-refractivity contribution in [2.75, 3.05) is 5.32 Å². The highest BCUT2D eigenvalue weighted by Crippen LogP contribution is 2.53. The summed E-state index contributed by atoms with van der Waals surface area (Å²) < 4.78 is 6.66. The highest BCUT2D eigenvalue weighted by molar-refractivity contribution is 6.08. The lowest BCUT2D eigenvalue weighted by molar-refractivity contribution is 0.0875. The highest BCUT2D eigenvalue weighted by atomic mass is 16.5. The van der Waals surface area contributed by atoms with Gasteiger partial charge in [-0.15, -0.1) is 0 Å². The number of fused-ring (bicyclic) bond motifs is 4. The van der Waals surface area contributed by atoms with E-state index in [1.807, 2.05) is 42.5 Å². The fourth-order valence-electron chi connectivity index (χ4n) is 4.45. The maximum absolute atomic E-state index is 10.7. The van der Waals surface area contributed by atoms with Gasteiger partial charge in [0, 0.05) is 11.1 Å². The third-order valence-electron chi connectivity index (χ3n) is 5.91. The van der Waals surface area contributed by atoms with Crippen LogP contribution in [0, 0.1) is 0 Å². The lowest BCUT2D eigenvalue weighted by Crippen LogP contribution is -2.63. The Morgan fingerprint density at radius 1 is 1.00 bits per heavy atom. The Hall–Kier alpha value is -2.85. The molecular weight excluding hydrogens is 336 g/mol. The molecule has 3 aromatic carbocycles. The molecule has 136 valence electrons. The molecule has 0 saturated heterocycles. The van der Waals surface area contributed by atoms with E-state index in [1.165, 1.54) is 0 Å². The molecule has 2 aliphatic heterocycles. The number of hydrogen-bond donors (Lipinski definition) is 2. The van der Waals surface area contributed by atoms with Gasteiger partial charge in [0.25, 0.3) is 0 Å². The molecule has 0 amide bonds. The molecule has 2 heterocycles. The second-order valence-electron chi connectivity index (χ2n) is 7.89. The van der Waals surface area contributed by atoms with Crippen molar-refractivity contribution in [2.24, 2.45) is 4.99 Å². The third-order valence-corrected chi connectivity index (χ3v) is 5.91. The minimum absolute atomic E-state index is 0.414. The zero-order valence-electron chi connectivity index (χ0n) is 15.7. The molecule has 2 aliphatic rings. The first kappa shape index (κ1) is 16.3.